The van der Waals surface area contributed by atoms with E-state index >= 15 is 0 Å². The average molecular weight is 343 g/mol. The van der Waals surface area contributed by atoms with Crippen LogP contribution in [0.25, 0.3) is 0 Å². The Balaban J connectivity index is 1.48. The molecule has 0 aliphatic carbocycles. The van der Waals surface area contributed by atoms with E-state index in [9.17, 15) is 4.79 Å². The van der Waals surface area contributed by atoms with Crippen LogP contribution in [0.3, 0.4) is 0 Å². The monoisotopic (exact) mass is 343 g/mol. The van der Waals surface area contributed by atoms with Crippen molar-refractivity contribution < 1.29 is 9.53 Å². The average Bonchev–Trinajstić information content (AvgIpc) is 2.59. The Morgan fingerprint density at radius 2 is 1.96 bits per heavy atom. The number of amides is 1. The van der Waals surface area contributed by atoms with E-state index < -0.39 is 0 Å². The van der Waals surface area contributed by atoms with Gasteiger partial charge in [0.15, 0.2) is 0 Å². The van der Waals surface area contributed by atoms with Gasteiger partial charge in [-0.2, -0.15) is 11.8 Å². The van der Waals surface area contributed by atoms with E-state index in [2.05, 4.69) is 36.5 Å². The topological polar surface area (TPSA) is 38.3 Å². The summed E-state index contributed by atoms with van der Waals surface area (Å²) in [5.74, 6) is 2.87. The first-order valence-corrected chi connectivity index (χ1v) is 9.47. The van der Waals surface area contributed by atoms with Crippen molar-refractivity contribution in [1.82, 2.24) is 5.32 Å². The minimum absolute atomic E-state index is 0.0998. The smallest absolute Gasteiger partial charge is 0.220 e. The molecule has 0 aliphatic rings. The Bertz CT molecular complexity index is 616. The van der Waals surface area contributed by atoms with Gasteiger partial charge in [0, 0.05) is 24.5 Å². The Labute approximate surface area is 148 Å². The zero-order valence-electron chi connectivity index (χ0n) is 14.2. The van der Waals surface area contributed by atoms with Gasteiger partial charge in [-0.25, -0.2) is 0 Å². The third-order valence-electron chi connectivity index (χ3n) is 3.48. The first-order valence-electron chi connectivity index (χ1n) is 8.32. The summed E-state index contributed by atoms with van der Waals surface area (Å²) in [4.78, 5) is 11.8. The fourth-order valence-electron chi connectivity index (χ4n) is 2.28. The van der Waals surface area contributed by atoms with E-state index in [-0.39, 0.29) is 5.91 Å². The molecule has 0 aliphatic heterocycles. The maximum atomic E-state index is 11.8. The summed E-state index contributed by atoms with van der Waals surface area (Å²) in [5, 5.41) is 2.96. The summed E-state index contributed by atoms with van der Waals surface area (Å²) in [7, 11) is 0. The summed E-state index contributed by atoms with van der Waals surface area (Å²) in [6.45, 7) is 3.39. The number of ether oxygens (including phenoxy) is 1. The predicted octanol–water partition coefficient (Wildman–Crippen LogP) is 4.20. The fraction of sp³-hybridized carbons (Fsp3) is 0.350. The van der Waals surface area contributed by atoms with Gasteiger partial charge >= 0.3 is 0 Å². The Kier molecular flexibility index (Phi) is 8.25. The molecule has 0 unspecified atom stereocenters. The number of para-hydroxylation sites is 1. The van der Waals surface area contributed by atoms with Crippen molar-refractivity contribution in [3.63, 3.8) is 0 Å². The standard InChI is InChI=1S/C20H25NO2S/c1-17-7-5-8-18(15-17)16-24-14-12-21-20(22)11-6-13-23-19-9-3-2-4-10-19/h2-5,7-10,15H,6,11-14,16H2,1H3,(H,21,22). The van der Waals surface area contributed by atoms with Gasteiger partial charge in [0.05, 0.1) is 6.61 Å². The second-order valence-electron chi connectivity index (χ2n) is 5.66. The lowest BCUT2D eigenvalue weighted by atomic mass is 10.2. The SMILES string of the molecule is Cc1cccc(CSCCNC(=O)CCCOc2ccccc2)c1. The van der Waals surface area contributed by atoms with E-state index in [1.807, 2.05) is 42.1 Å². The lowest BCUT2D eigenvalue weighted by Gasteiger charge is -2.07. The van der Waals surface area contributed by atoms with Crippen molar-refractivity contribution in [1.29, 1.82) is 0 Å². The molecule has 0 fully saturated rings. The van der Waals surface area contributed by atoms with Crippen LogP contribution in [0.2, 0.25) is 0 Å². The largest absolute Gasteiger partial charge is 0.494 e. The minimum atomic E-state index is 0.0998. The highest BCUT2D eigenvalue weighted by molar-refractivity contribution is 7.98. The summed E-state index contributed by atoms with van der Waals surface area (Å²) < 4.78 is 5.57. The lowest BCUT2D eigenvalue weighted by molar-refractivity contribution is -0.121. The van der Waals surface area contributed by atoms with Crippen molar-refractivity contribution in [2.45, 2.75) is 25.5 Å². The molecule has 1 N–H and O–H groups in total. The molecule has 2 aromatic rings. The second kappa shape index (κ2) is 10.8. The molecule has 1 amide bonds. The number of nitrogens with one attached hydrogen (secondary N) is 1. The number of hydrogen-bond acceptors (Lipinski definition) is 3. The number of aryl methyl sites for hydroxylation is 1. The first kappa shape index (κ1) is 18.4. The third-order valence-corrected chi connectivity index (χ3v) is 4.51. The molecule has 0 bridgehead atoms. The van der Waals surface area contributed by atoms with Crippen LogP contribution < -0.4 is 10.1 Å². The molecule has 0 atom stereocenters. The molecule has 2 aromatic carbocycles. The van der Waals surface area contributed by atoms with E-state index in [1.54, 1.807) is 0 Å². The fourth-order valence-corrected chi connectivity index (χ4v) is 3.09. The van der Waals surface area contributed by atoms with Crippen LogP contribution in [-0.2, 0) is 10.5 Å². The predicted molar refractivity (Wildman–Crippen MR) is 102 cm³/mol. The van der Waals surface area contributed by atoms with Crippen LogP contribution in [0.15, 0.2) is 54.6 Å². The molecule has 2 rings (SSSR count). The highest BCUT2D eigenvalue weighted by atomic mass is 32.2. The van der Waals surface area contributed by atoms with Crippen molar-refractivity contribution in [3.05, 3.63) is 65.7 Å². The Morgan fingerprint density at radius 3 is 2.75 bits per heavy atom. The minimum Gasteiger partial charge on any atom is -0.494 e. The van der Waals surface area contributed by atoms with Crippen molar-refractivity contribution in [2.75, 3.05) is 18.9 Å². The van der Waals surface area contributed by atoms with Gasteiger partial charge in [0.1, 0.15) is 5.75 Å². The van der Waals surface area contributed by atoms with Crippen LogP contribution in [0.1, 0.15) is 24.0 Å². The molecule has 0 spiro atoms. The molecule has 0 saturated carbocycles. The highest BCUT2D eigenvalue weighted by Crippen LogP contribution is 2.13. The molecule has 128 valence electrons. The first-order chi connectivity index (χ1) is 11.7. The summed E-state index contributed by atoms with van der Waals surface area (Å²) in [6.07, 6.45) is 1.24. The number of benzene rings is 2. The molecule has 4 heteroatoms. The van der Waals surface area contributed by atoms with Crippen LogP contribution in [0.4, 0.5) is 0 Å². The normalized spacial score (nSPS) is 10.4. The molecule has 0 saturated heterocycles. The maximum absolute atomic E-state index is 11.8. The van der Waals surface area contributed by atoms with Crippen molar-refractivity contribution >= 4 is 17.7 Å². The van der Waals surface area contributed by atoms with Gasteiger partial charge in [-0.05, 0) is 31.0 Å². The van der Waals surface area contributed by atoms with E-state index in [1.165, 1.54) is 11.1 Å². The Morgan fingerprint density at radius 1 is 1.12 bits per heavy atom. The number of carbonyl (C=O) groups is 1. The maximum Gasteiger partial charge on any atom is 0.220 e. The van der Waals surface area contributed by atoms with Crippen LogP contribution in [0, 0.1) is 6.92 Å². The van der Waals surface area contributed by atoms with E-state index in [0.29, 0.717) is 13.0 Å². The number of rotatable bonds is 10. The molecular formula is C20H25NO2S. The number of thioether (sulfide) groups is 1. The van der Waals surface area contributed by atoms with E-state index in [4.69, 9.17) is 4.74 Å². The van der Waals surface area contributed by atoms with Gasteiger partial charge in [0.2, 0.25) is 5.91 Å². The van der Waals surface area contributed by atoms with Gasteiger partial charge in [0.25, 0.3) is 0 Å². The molecule has 24 heavy (non-hydrogen) atoms. The van der Waals surface area contributed by atoms with E-state index in [0.717, 1.165) is 30.2 Å². The summed E-state index contributed by atoms with van der Waals surface area (Å²) in [5.41, 5.74) is 2.63. The second-order valence-corrected chi connectivity index (χ2v) is 6.76. The van der Waals surface area contributed by atoms with Crippen LogP contribution in [-0.4, -0.2) is 24.8 Å². The summed E-state index contributed by atoms with van der Waals surface area (Å²) in [6, 6.07) is 18.2. The lowest BCUT2D eigenvalue weighted by Crippen LogP contribution is -2.25. The molecular weight excluding hydrogens is 318 g/mol. The van der Waals surface area contributed by atoms with Crippen LogP contribution in [0.5, 0.6) is 5.75 Å². The zero-order valence-corrected chi connectivity index (χ0v) is 15.0. The van der Waals surface area contributed by atoms with Crippen molar-refractivity contribution in [2.24, 2.45) is 0 Å². The van der Waals surface area contributed by atoms with Gasteiger partial charge in [-0.1, -0.05) is 48.0 Å². The highest BCUT2D eigenvalue weighted by Gasteiger charge is 2.01. The van der Waals surface area contributed by atoms with Crippen LogP contribution >= 0.6 is 11.8 Å². The molecule has 0 radical (unpaired) electrons. The third kappa shape index (κ3) is 7.55. The molecule has 3 nitrogen and oxygen atoms in total. The number of hydrogen-bond donors (Lipinski definition) is 1. The zero-order chi connectivity index (χ0) is 17.0. The Hall–Kier alpha value is -1.94. The van der Waals surface area contributed by atoms with Gasteiger partial charge in [-0.15, -0.1) is 0 Å². The number of carbonyl (C=O) groups excluding carboxylic acids is 1. The van der Waals surface area contributed by atoms with Gasteiger partial charge < -0.3 is 10.1 Å². The van der Waals surface area contributed by atoms with Crippen molar-refractivity contribution in [3.8, 4) is 5.75 Å². The summed E-state index contributed by atoms with van der Waals surface area (Å²) >= 11 is 1.84. The van der Waals surface area contributed by atoms with Gasteiger partial charge in [-0.3, -0.25) is 4.79 Å². The molecule has 0 heterocycles. The molecule has 0 aromatic heterocycles. The quantitative estimate of drug-likeness (QED) is 0.657.